The molecule has 3 nitrogen and oxygen atoms in total. The van der Waals surface area contributed by atoms with Crippen molar-refractivity contribution in [3.63, 3.8) is 0 Å². The molecule has 0 aliphatic heterocycles. The fourth-order valence-corrected chi connectivity index (χ4v) is 2.85. The highest BCUT2D eigenvalue weighted by Crippen LogP contribution is 2.18. The van der Waals surface area contributed by atoms with E-state index in [0.717, 1.165) is 27.2 Å². The Morgan fingerprint density at radius 2 is 2.00 bits per heavy atom. The van der Waals surface area contributed by atoms with Crippen LogP contribution in [0.2, 0.25) is 0 Å². The molecule has 0 aliphatic carbocycles. The Morgan fingerprint density at radius 1 is 1.20 bits per heavy atom. The van der Waals surface area contributed by atoms with E-state index in [0.29, 0.717) is 12.1 Å². The number of nitrogens with zero attached hydrogens (tertiary/aromatic N) is 2. The van der Waals surface area contributed by atoms with E-state index in [2.05, 4.69) is 9.97 Å². The summed E-state index contributed by atoms with van der Waals surface area (Å²) in [5, 5.41) is 4.00. The molecular formula is C16H14N2OS. The zero-order valence-electron chi connectivity index (χ0n) is 11.4. The Morgan fingerprint density at radius 3 is 2.75 bits per heavy atom. The van der Waals surface area contributed by atoms with Crippen LogP contribution in [0.15, 0.2) is 35.7 Å². The van der Waals surface area contributed by atoms with E-state index in [4.69, 9.17) is 0 Å². The molecule has 0 amide bonds. The molecule has 0 radical (unpaired) electrons. The number of fused-ring (bicyclic) bond motifs is 1. The van der Waals surface area contributed by atoms with Gasteiger partial charge in [0.15, 0.2) is 5.78 Å². The molecule has 4 heteroatoms. The molecule has 20 heavy (non-hydrogen) atoms. The van der Waals surface area contributed by atoms with Crippen LogP contribution in [0.4, 0.5) is 0 Å². The first-order chi connectivity index (χ1) is 9.63. The molecule has 2 aromatic heterocycles. The summed E-state index contributed by atoms with van der Waals surface area (Å²) in [6, 6.07) is 9.75. The lowest BCUT2D eigenvalue weighted by Gasteiger charge is -2.05. The summed E-state index contributed by atoms with van der Waals surface area (Å²) in [5.74, 6) is 0.0177. The van der Waals surface area contributed by atoms with Crippen molar-refractivity contribution in [1.82, 2.24) is 9.97 Å². The Kier molecular flexibility index (Phi) is 3.32. The molecule has 100 valence electrons. The van der Waals surface area contributed by atoms with Gasteiger partial charge in [0.2, 0.25) is 0 Å². The number of carbonyl (C=O) groups is 1. The smallest absolute Gasteiger partial charge is 0.187 e. The summed E-state index contributed by atoms with van der Waals surface area (Å²) in [4.78, 5) is 21.1. The average molecular weight is 282 g/mol. The van der Waals surface area contributed by atoms with Crippen molar-refractivity contribution < 1.29 is 4.79 Å². The normalized spacial score (nSPS) is 10.9. The predicted octanol–water partition coefficient (Wildman–Crippen LogP) is 3.73. The number of hydrogen-bond acceptors (Lipinski definition) is 4. The molecule has 3 rings (SSSR count). The van der Waals surface area contributed by atoms with E-state index in [1.54, 1.807) is 11.3 Å². The number of pyridine rings is 1. The zero-order chi connectivity index (χ0) is 14.1. The molecule has 2 heterocycles. The number of aryl methyl sites for hydroxylation is 2. The fraction of sp³-hybridized carbons (Fsp3) is 0.188. The van der Waals surface area contributed by atoms with Gasteiger partial charge in [-0.1, -0.05) is 18.2 Å². The SMILES string of the molecule is Cc1nc(CC(=O)c2cc(C)c3ccccc3n2)cs1. The second kappa shape index (κ2) is 5.13. The van der Waals surface area contributed by atoms with Crippen molar-refractivity contribution in [2.24, 2.45) is 0 Å². The van der Waals surface area contributed by atoms with Crippen LogP contribution in [0.25, 0.3) is 10.9 Å². The number of hydrogen-bond donors (Lipinski definition) is 0. The average Bonchev–Trinajstić information content (AvgIpc) is 2.84. The van der Waals surface area contributed by atoms with Gasteiger partial charge in [-0.3, -0.25) is 4.79 Å². The molecule has 0 N–H and O–H groups in total. The third-order valence-corrected chi connectivity index (χ3v) is 4.04. The number of ketones is 1. The summed E-state index contributed by atoms with van der Waals surface area (Å²) in [6.45, 7) is 3.95. The van der Waals surface area contributed by atoms with Gasteiger partial charge in [0.1, 0.15) is 5.69 Å². The quantitative estimate of drug-likeness (QED) is 0.687. The standard InChI is InChI=1S/C16H14N2OS/c1-10-7-15(18-14-6-4-3-5-13(10)14)16(19)8-12-9-20-11(2)17-12/h3-7,9H,8H2,1-2H3. The third kappa shape index (κ3) is 2.47. The van der Waals surface area contributed by atoms with Crippen LogP contribution >= 0.6 is 11.3 Å². The van der Waals surface area contributed by atoms with Gasteiger partial charge in [-0.05, 0) is 31.5 Å². The maximum absolute atomic E-state index is 12.3. The largest absolute Gasteiger partial charge is 0.292 e. The maximum atomic E-state index is 12.3. The monoisotopic (exact) mass is 282 g/mol. The van der Waals surface area contributed by atoms with Crippen molar-refractivity contribution in [3.05, 3.63) is 57.7 Å². The number of para-hydroxylation sites is 1. The molecule has 0 atom stereocenters. The van der Waals surface area contributed by atoms with Gasteiger partial charge in [0.05, 0.1) is 22.6 Å². The third-order valence-electron chi connectivity index (χ3n) is 3.22. The highest BCUT2D eigenvalue weighted by Gasteiger charge is 2.12. The summed E-state index contributed by atoms with van der Waals surface area (Å²) >= 11 is 1.56. The van der Waals surface area contributed by atoms with Crippen LogP contribution in [0.5, 0.6) is 0 Å². The molecule has 0 spiro atoms. The lowest BCUT2D eigenvalue weighted by molar-refractivity contribution is 0.0987. The van der Waals surface area contributed by atoms with E-state index >= 15 is 0 Å². The summed E-state index contributed by atoms with van der Waals surface area (Å²) in [5.41, 5.74) is 3.29. The molecule has 0 unspecified atom stereocenters. The Bertz CT molecular complexity index is 792. The van der Waals surface area contributed by atoms with Crippen molar-refractivity contribution in [3.8, 4) is 0 Å². The van der Waals surface area contributed by atoms with E-state index in [1.807, 2.05) is 49.6 Å². The molecular weight excluding hydrogens is 268 g/mol. The summed E-state index contributed by atoms with van der Waals surface area (Å²) in [7, 11) is 0. The minimum atomic E-state index is 0.0177. The van der Waals surface area contributed by atoms with Crippen molar-refractivity contribution in [2.45, 2.75) is 20.3 Å². The van der Waals surface area contributed by atoms with Crippen LogP contribution in [0.1, 0.15) is 26.8 Å². The Labute approximate surface area is 121 Å². The molecule has 3 aromatic rings. The fourth-order valence-electron chi connectivity index (χ4n) is 2.24. The summed E-state index contributed by atoms with van der Waals surface area (Å²) < 4.78 is 0. The topological polar surface area (TPSA) is 42.9 Å². The van der Waals surface area contributed by atoms with E-state index in [1.165, 1.54) is 0 Å². The minimum Gasteiger partial charge on any atom is -0.292 e. The number of Topliss-reactive ketones (excluding diaryl/α,β-unsaturated/α-hetero) is 1. The Hall–Kier alpha value is -2.07. The van der Waals surface area contributed by atoms with E-state index < -0.39 is 0 Å². The van der Waals surface area contributed by atoms with Crippen LogP contribution in [-0.4, -0.2) is 15.8 Å². The van der Waals surface area contributed by atoms with Crippen LogP contribution in [-0.2, 0) is 6.42 Å². The zero-order valence-corrected chi connectivity index (χ0v) is 12.2. The lowest BCUT2D eigenvalue weighted by atomic mass is 10.1. The van der Waals surface area contributed by atoms with Crippen LogP contribution in [0, 0.1) is 13.8 Å². The predicted molar refractivity (Wildman–Crippen MR) is 81.4 cm³/mol. The highest BCUT2D eigenvalue weighted by molar-refractivity contribution is 7.09. The Balaban J connectivity index is 1.95. The number of benzene rings is 1. The van der Waals surface area contributed by atoms with E-state index in [-0.39, 0.29) is 5.78 Å². The van der Waals surface area contributed by atoms with Crippen molar-refractivity contribution in [2.75, 3.05) is 0 Å². The first-order valence-electron chi connectivity index (χ1n) is 6.44. The highest BCUT2D eigenvalue weighted by atomic mass is 32.1. The number of rotatable bonds is 3. The number of thiazole rings is 1. The van der Waals surface area contributed by atoms with Gasteiger partial charge in [0, 0.05) is 10.8 Å². The van der Waals surface area contributed by atoms with Gasteiger partial charge in [-0.15, -0.1) is 11.3 Å². The van der Waals surface area contributed by atoms with Crippen LogP contribution < -0.4 is 0 Å². The number of aromatic nitrogens is 2. The second-order valence-electron chi connectivity index (χ2n) is 4.80. The van der Waals surface area contributed by atoms with E-state index in [9.17, 15) is 4.79 Å². The van der Waals surface area contributed by atoms with Gasteiger partial charge >= 0.3 is 0 Å². The molecule has 0 aliphatic rings. The van der Waals surface area contributed by atoms with Crippen molar-refractivity contribution >= 4 is 28.0 Å². The van der Waals surface area contributed by atoms with Gasteiger partial charge < -0.3 is 0 Å². The lowest BCUT2D eigenvalue weighted by Crippen LogP contribution is -2.07. The minimum absolute atomic E-state index is 0.0177. The van der Waals surface area contributed by atoms with Gasteiger partial charge in [-0.2, -0.15) is 0 Å². The molecule has 0 bridgehead atoms. The molecule has 0 saturated heterocycles. The summed E-state index contributed by atoms with van der Waals surface area (Å²) in [6.07, 6.45) is 0.315. The first kappa shape index (κ1) is 12.9. The van der Waals surface area contributed by atoms with Gasteiger partial charge in [0.25, 0.3) is 0 Å². The van der Waals surface area contributed by atoms with Gasteiger partial charge in [-0.25, -0.2) is 9.97 Å². The number of carbonyl (C=O) groups excluding carboxylic acids is 1. The second-order valence-corrected chi connectivity index (χ2v) is 5.86. The van der Waals surface area contributed by atoms with Crippen LogP contribution in [0.3, 0.4) is 0 Å². The molecule has 0 fully saturated rings. The maximum Gasteiger partial charge on any atom is 0.187 e. The molecule has 0 saturated carbocycles. The molecule has 1 aromatic carbocycles. The first-order valence-corrected chi connectivity index (χ1v) is 7.32. The van der Waals surface area contributed by atoms with Crippen molar-refractivity contribution in [1.29, 1.82) is 0 Å².